The van der Waals surface area contributed by atoms with Crippen LogP contribution in [0, 0.1) is 11.8 Å². The molecule has 1 N–H and O–H groups in total. The summed E-state index contributed by atoms with van der Waals surface area (Å²) < 4.78 is 7.59. The van der Waals surface area contributed by atoms with Crippen LogP contribution in [-0.4, -0.2) is 33.5 Å². The van der Waals surface area contributed by atoms with E-state index >= 15 is 0 Å². The van der Waals surface area contributed by atoms with Gasteiger partial charge in [-0.3, -0.25) is 9.48 Å². The maximum absolute atomic E-state index is 13.0. The molecular formula is C20H28N4O2. The van der Waals surface area contributed by atoms with Gasteiger partial charge in [-0.05, 0) is 30.7 Å². The number of nitrogens with zero attached hydrogens (tertiary/aromatic N) is 3. The minimum absolute atomic E-state index is 0.0234. The quantitative estimate of drug-likeness (QED) is 0.914. The topological polar surface area (TPSA) is 69.0 Å². The fourth-order valence-electron chi connectivity index (χ4n) is 3.39. The van der Waals surface area contributed by atoms with Crippen molar-refractivity contribution in [2.24, 2.45) is 11.8 Å². The molecule has 1 aliphatic rings. The number of benzene rings is 1. The summed E-state index contributed by atoms with van der Waals surface area (Å²) in [6.07, 6.45) is 4.27. The Hall–Kier alpha value is -2.21. The first-order chi connectivity index (χ1) is 12.6. The summed E-state index contributed by atoms with van der Waals surface area (Å²) in [6.45, 7) is 5.92. The van der Waals surface area contributed by atoms with Crippen molar-refractivity contribution in [1.82, 2.24) is 20.3 Å². The molecule has 1 amide bonds. The van der Waals surface area contributed by atoms with Gasteiger partial charge in [-0.25, -0.2) is 0 Å². The zero-order chi connectivity index (χ0) is 18.4. The average molecular weight is 356 g/mol. The lowest BCUT2D eigenvalue weighted by Gasteiger charge is -2.24. The maximum atomic E-state index is 13.0. The van der Waals surface area contributed by atoms with Crippen LogP contribution in [0.2, 0.25) is 0 Å². The lowest BCUT2D eigenvalue weighted by Crippen LogP contribution is -2.43. The summed E-state index contributed by atoms with van der Waals surface area (Å²) in [5.41, 5.74) is 2.01. The summed E-state index contributed by atoms with van der Waals surface area (Å²) in [6, 6.07) is 10.2. The summed E-state index contributed by atoms with van der Waals surface area (Å²) in [4.78, 5) is 13.0. The van der Waals surface area contributed by atoms with E-state index in [1.54, 1.807) is 4.68 Å². The molecule has 2 atom stereocenters. The average Bonchev–Trinajstić information content (AvgIpc) is 3.06. The van der Waals surface area contributed by atoms with Gasteiger partial charge in [0.2, 0.25) is 5.91 Å². The Kier molecular flexibility index (Phi) is 6.39. The van der Waals surface area contributed by atoms with E-state index in [4.69, 9.17) is 4.74 Å². The maximum Gasteiger partial charge on any atom is 0.223 e. The molecule has 0 radical (unpaired) electrons. The second kappa shape index (κ2) is 8.94. The second-order valence-electron chi connectivity index (χ2n) is 7.50. The number of amides is 1. The van der Waals surface area contributed by atoms with Crippen LogP contribution in [0.15, 0.2) is 36.5 Å². The molecule has 2 aromatic rings. The van der Waals surface area contributed by atoms with E-state index < -0.39 is 0 Å². The smallest absolute Gasteiger partial charge is 0.223 e. The number of rotatable bonds is 4. The molecule has 3 rings (SSSR count). The fraction of sp³-hybridized carbons (Fsp3) is 0.550. The molecule has 6 heteroatoms. The molecule has 26 heavy (non-hydrogen) atoms. The Morgan fingerprint density at radius 2 is 2.12 bits per heavy atom. The summed E-state index contributed by atoms with van der Waals surface area (Å²) in [7, 11) is 0. The monoisotopic (exact) mass is 356 g/mol. The van der Waals surface area contributed by atoms with Crippen LogP contribution < -0.4 is 5.32 Å². The van der Waals surface area contributed by atoms with E-state index in [0.717, 1.165) is 25.0 Å². The minimum Gasteiger partial charge on any atom is -0.373 e. The Balaban J connectivity index is 1.77. The number of carbonyl (C=O) groups is 1. The van der Waals surface area contributed by atoms with E-state index in [1.807, 2.05) is 24.4 Å². The van der Waals surface area contributed by atoms with Gasteiger partial charge in [0.25, 0.3) is 0 Å². The molecule has 2 bridgehead atoms. The van der Waals surface area contributed by atoms with Crippen molar-refractivity contribution < 1.29 is 9.53 Å². The second-order valence-corrected chi connectivity index (χ2v) is 7.50. The molecular weight excluding hydrogens is 328 g/mol. The van der Waals surface area contributed by atoms with Crippen molar-refractivity contribution in [3.8, 4) is 0 Å². The van der Waals surface area contributed by atoms with Crippen LogP contribution in [0.5, 0.6) is 0 Å². The van der Waals surface area contributed by atoms with Gasteiger partial charge in [0.05, 0.1) is 25.5 Å². The predicted octanol–water partition coefficient (Wildman–Crippen LogP) is 2.59. The SMILES string of the molecule is CC(C)C[C@H]1COCc2cn(nn2)CC[C@@H](Cc2ccccc2)C(=O)N1. The van der Waals surface area contributed by atoms with Gasteiger partial charge in [-0.1, -0.05) is 49.4 Å². The number of ether oxygens (including phenoxy) is 1. The molecule has 1 aromatic heterocycles. The first kappa shape index (κ1) is 18.6. The highest BCUT2D eigenvalue weighted by atomic mass is 16.5. The van der Waals surface area contributed by atoms with E-state index in [2.05, 4.69) is 41.6 Å². The normalized spacial score (nSPS) is 21.7. The third-order valence-corrected chi connectivity index (χ3v) is 4.66. The number of hydrogen-bond donors (Lipinski definition) is 1. The predicted molar refractivity (Wildman–Crippen MR) is 99.3 cm³/mol. The van der Waals surface area contributed by atoms with Gasteiger partial charge in [-0.15, -0.1) is 5.10 Å². The highest BCUT2D eigenvalue weighted by Crippen LogP contribution is 2.16. The third kappa shape index (κ3) is 5.39. The van der Waals surface area contributed by atoms with Crippen molar-refractivity contribution >= 4 is 5.91 Å². The van der Waals surface area contributed by atoms with E-state index in [-0.39, 0.29) is 17.9 Å². The molecule has 0 saturated carbocycles. The lowest BCUT2D eigenvalue weighted by atomic mass is 9.94. The van der Waals surface area contributed by atoms with Crippen molar-refractivity contribution in [2.45, 2.75) is 52.3 Å². The van der Waals surface area contributed by atoms with E-state index in [0.29, 0.717) is 25.7 Å². The molecule has 1 aliphatic heterocycles. The van der Waals surface area contributed by atoms with Crippen molar-refractivity contribution in [2.75, 3.05) is 6.61 Å². The van der Waals surface area contributed by atoms with Gasteiger partial charge in [-0.2, -0.15) is 0 Å². The van der Waals surface area contributed by atoms with Gasteiger partial charge in [0.1, 0.15) is 5.69 Å². The molecule has 140 valence electrons. The van der Waals surface area contributed by atoms with Gasteiger partial charge in [0, 0.05) is 12.5 Å². The number of hydrogen-bond acceptors (Lipinski definition) is 4. The number of aromatic nitrogens is 3. The van der Waals surface area contributed by atoms with Crippen LogP contribution in [0.4, 0.5) is 0 Å². The standard InChI is InChI=1S/C20H28N4O2/c1-15(2)10-18-13-26-14-19-12-24(23-22-19)9-8-17(20(25)21-18)11-16-6-4-3-5-7-16/h3-7,12,15,17-18H,8-11,13-14H2,1-2H3,(H,21,25)/t17-,18-/m0/s1. The van der Waals surface area contributed by atoms with E-state index in [9.17, 15) is 4.79 Å². The highest BCUT2D eigenvalue weighted by molar-refractivity contribution is 5.79. The minimum atomic E-state index is -0.0980. The number of aryl methyl sites for hydroxylation is 1. The highest BCUT2D eigenvalue weighted by Gasteiger charge is 2.23. The molecule has 0 aliphatic carbocycles. The lowest BCUT2D eigenvalue weighted by molar-refractivity contribution is -0.126. The van der Waals surface area contributed by atoms with Gasteiger partial charge in [0.15, 0.2) is 0 Å². The van der Waals surface area contributed by atoms with Crippen LogP contribution in [0.1, 0.15) is 37.9 Å². The van der Waals surface area contributed by atoms with Crippen LogP contribution >= 0.6 is 0 Å². The number of fused-ring (bicyclic) bond motifs is 2. The Morgan fingerprint density at radius 1 is 1.31 bits per heavy atom. The molecule has 2 heterocycles. The summed E-state index contributed by atoms with van der Waals surface area (Å²) >= 11 is 0. The number of nitrogens with one attached hydrogen (secondary N) is 1. The van der Waals surface area contributed by atoms with Gasteiger partial charge >= 0.3 is 0 Å². The van der Waals surface area contributed by atoms with E-state index in [1.165, 1.54) is 5.56 Å². The molecule has 6 nitrogen and oxygen atoms in total. The third-order valence-electron chi connectivity index (χ3n) is 4.66. The Bertz CT molecular complexity index is 699. The van der Waals surface area contributed by atoms with Crippen molar-refractivity contribution in [3.63, 3.8) is 0 Å². The van der Waals surface area contributed by atoms with Crippen LogP contribution in [-0.2, 0) is 29.1 Å². The molecule has 1 aromatic carbocycles. The Morgan fingerprint density at radius 3 is 2.88 bits per heavy atom. The summed E-state index contributed by atoms with van der Waals surface area (Å²) in [5.74, 6) is 0.494. The first-order valence-electron chi connectivity index (χ1n) is 9.41. The zero-order valence-electron chi connectivity index (χ0n) is 15.6. The largest absolute Gasteiger partial charge is 0.373 e. The molecule has 0 spiro atoms. The van der Waals surface area contributed by atoms with Gasteiger partial charge < -0.3 is 10.1 Å². The molecule has 0 unspecified atom stereocenters. The van der Waals surface area contributed by atoms with Crippen LogP contribution in [0.3, 0.4) is 0 Å². The Labute approximate surface area is 154 Å². The van der Waals surface area contributed by atoms with Crippen LogP contribution in [0.25, 0.3) is 0 Å². The molecule has 0 saturated heterocycles. The van der Waals surface area contributed by atoms with Crippen molar-refractivity contribution in [3.05, 3.63) is 47.8 Å². The first-order valence-corrected chi connectivity index (χ1v) is 9.41. The number of carbonyl (C=O) groups excluding carboxylic acids is 1. The molecule has 0 fully saturated rings. The van der Waals surface area contributed by atoms with Crippen molar-refractivity contribution in [1.29, 1.82) is 0 Å². The fourth-order valence-corrected chi connectivity index (χ4v) is 3.39. The zero-order valence-corrected chi connectivity index (χ0v) is 15.6. The summed E-state index contributed by atoms with van der Waals surface area (Å²) in [5, 5.41) is 11.5.